The first-order chi connectivity index (χ1) is 8.32. The molecule has 0 N–H and O–H groups in total. The Labute approximate surface area is 105 Å². The fourth-order valence-corrected chi connectivity index (χ4v) is 3.81. The van der Waals surface area contributed by atoms with Gasteiger partial charge in [-0.1, -0.05) is 0 Å². The Hall–Kier alpha value is -1.07. The Morgan fingerprint density at radius 1 is 1.22 bits per heavy atom. The van der Waals surface area contributed by atoms with Gasteiger partial charge in [0.05, 0.1) is 12.2 Å². The van der Waals surface area contributed by atoms with Gasteiger partial charge in [0.15, 0.2) is 11.4 Å². The molecule has 1 spiro atoms. The van der Waals surface area contributed by atoms with Gasteiger partial charge in [-0.15, -0.1) is 0 Å². The average molecular weight is 252 g/mol. The molecule has 2 bridgehead atoms. The van der Waals surface area contributed by atoms with E-state index in [4.69, 9.17) is 18.9 Å². The number of rotatable bonds is 0. The Bertz CT molecular complexity index is 482. The second-order valence-corrected chi connectivity index (χ2v) is 6.31. The summed E-state index contributed by atoms with van der Waals surface area (Å²) in [6.07, 6.45) is 2.53. The van der Waals surface area contributed by atoms with Gasteiger partial charge >= 0.3 is 5.97 Å². The second-order valence-electron chi connectivity index (χ2n) is 6.31. The molecule has 1 aliphatic carbocycles. The van der Waals surface area contributed by atoms with E-state index in [1.165, 1.54) is 6.08 Å². The third kappa shape index (κ3) is 1.16. The summed E-state index contributed by atoms with van der Waals surface area (Å²) in [5, 5.41) is 0. The van der Waals surface area contributed by atoms with Gasteiger partial charge in [-0.05, 0) is 20.8 Å². The lowest BCUT2D eigenvalue weighted by atomic mass is 9.75. The van der Waals surface area contributed by atoms with Crippen molar-refractivity contribution in [2.24, 2.45) is 0 Å². The second kappa shape index (κ2) is 2.75. The third-order valence-corrected chi connectivity index (χ3v) is 4.29. The molecule has 4 aliphatic rings. The fourth-order valence-electron chi connectivity index (χ4n) is 3.81. The molecule has 3 aliphatic heterocycles. The zero-order valence-electron chi connectivity index (χ0n) is 10.7. The summed E-state index contributed by atoms with van der Waals surface area (Å²) >= 11 is 0. The van der Waals surface area contributed by atoms with Gasteiger partial charge in [0.2, 0.25) is 0 Å². The molecule has 0 aromatic carbocycles. The first-order valence-electron chi connectivity index (χ1n) is 6.32. The monoisotopic (exact) mass is 252 g/mol. The Kier molecular flexibility index (Phi) is 1.65. The molecule has 5 heteroatoms. The number of fused-ring (bicyclic) bond motifs is 3. The number of carbonyl (C=O) groups excluding carboxylic acids is 1. The molecule has 18 heavy (non-hydrogen) atoms. The average Bonchev–Trinajstić information content (AvgIpc) is 2.71. The number of ether oxygens (including phenoxy) is 4. The van der Waals surface area contributed by atoms with Gasteiger partial charge in [-0.2, -0.15) is 0 Å². The van der Waals surface area contributed by atoms with Crippen LogP contribution in [-0.4, -0.2) is 35.2 Å². The molecule has 3 fully saturated rings. The van der Waals surface area contributed by atoms with E-state index in [1.54, 1.807) is 0 Å². The molecule has 1 saturated carbocycles. The van der Waals surface area contributed by atoms with Crippen molar-refractivity contribution in [3.63, 3.8) is 0 Å². The van der Waals surface area contributed by atoms with Crippen molar-refractivity contribution in [2.45, 2.75) is 62.8 Å². The molecule has 5 nitrogen and oxygen atoms in total. The van der Waals surface area contributed by atoms with Crippen LogP contribution in [-0.2, 0) is 23.7 Å². The lowest BCUT2D eigenvalue weighted by molar-refractivity contribution is -0.166. The smallest absolute Gasteiger partial charge is 0.335 e. The highest BCUT2D eigenvalue weighted by Gasteiger charge is 2.69. The molecule has 4 atom stereocenters. The van der Waals surface area contributed by atoms with Crippen LogP contribution in [0.2, 0.25) is 0 Å². The maximum atomic E-state index is 11.4. The van der Waals surface area contributed by atoms with Crippen LogP contribution in [0.1, 0.15) is 33.6 Å². The Morgan fingerprint density at radius 3 is 2.78 bits per heavy atom. The Balaban J connectivity index is 1.76. The van der Waals surface area contributed by atoms with Crippen molar-refractivity contribution in [3.05, 3.63) is 11.8 Å². The molecule has 3 heterocycles. The van der Waals surface area contributed by atoms with E-state index >= 15 is 0 Å². The van der Waals surface area contributed by atoms with Crippen molar-refractivity contribution in [1.29, 1.82) is 0 Å². The molecule has 0 radical (unpaired) electrons. The molecule has 4 rings (SSSR count). The van der Waals surface area contributed by atoms with E-state index in [-0.39, 0.29) is 18.2 Å². The lowest BCUT2D eigenvalue weighted by Crippen LogP contribution is -2.53. The topological polar surface area (TPSA) is 54.0 Å². The molecule has 0 aromatic rings. The predicted molar refractivity (Wildman–Crippen MR) is 59.5 cm³/mol. The molecular formula is C13H16O5. The van der Waals surface area contributed by atoms with Gasteiger partial charge in [0.1, 0.15) is 17.5 Å². The summed E-state index contributed by atoms with van der Waals surface area (Å²) in [6, 6.07) is 0. The van der Waals surface area contributed by atoms with Crippen LogP contribution in [0.15, 0.2) is 11.8 Å². The van der Waals surface area contributed by atoms with E-state index in [0.29, 0.717) is 18.6 Å². The van der Waals surface area contributed by atoms with Gasteiger partial charge in [-0.3, -0.25) is 0 Å². The minimum Gasteiger partial charge on any atom is -0.484 e. The van der Waals surface area contributed by atoms with Gasteiger partial charge in [-0.25, -0.2) is 4.79 Å². The predicted octanol–water partition coefficient (Wildman–Crippen LogP) is 1.27. The maximum Gasteiger partial charge on any atom is 0.335 e. The first kappa shape index (κ1) is 10.8. The molecule has 98 valence electrons. The van der Waals surface area contributed by atoms with Crippen LogP contribution in [0.3, 0.4) is 0 Å². The lowest BCUT2D eigenvalue weighted by Gasteiger charge is -2.38. The minimum absolute atomic E-state index is 0.0875. The summed E-state index contributed by atoms with van der Waals surface area (Å²) in [6.45, 7) is 5.80. The highest BCUT2D eigenvalue weighted by atomic mass is 16.8. The van der Waals surface area contributed by atoms with E-state index < -0.39 is 17.0 Å². The van der Waals surface area contributed by atoms with E-state index in [2.05, 4.69) is 0 Å². The van der Waals surface area contributed by atoms with Gasteiger partial charge in [0, 0.05) is 12.8 Å². The SMILES string of the molecule is CC1(C)O[C@@H]2[C@@H](C[C@]34CC2(C)OC3=CC(=O)O4)O1. The number of carbonyl (C=O) groups is 1. The van der Waals surface area contributed by atoms with Crippen molar-refractivity contribution in [2.75, 3.05) is 0 Å². The summed E-state index contributed by atoms with van der Waals surface area (Å²) in [4.78, 5) is 11.4. The number of hydrogen-bond donors (Lipinski definition) is 0. The molecule has 1 unspecified atom stereocenters. The molecule has 2 saturated heterocycles. The largest absolute Gasteiger partial charge is 0.484 e. The van der Waals surface area contributed by atoms with Crippen molar-refractivity contribution < 1.29 is 23.7 Å². The van der Waals surface area contributed by atoms with Crippen LogP contribution in [0, 0.1) is 0 Å². The number of hydrogen-bond acceptors (Lipinski definition) is 5. The van der Waals surface area contributed by atoms with E-state index in [1.807, 2.05) is 20.8 Å². The van der Waals surface area contributed by atoms with Crippen molar-refractivity contribution in [3.8, 4) is 0 Å². The van der Waals surface area contributed by atoms with Crippen molar-refractivity contribution >= 4 is 5.97 Å². The van der Waals surface area contributed by atoms with Gasteiger partial charge < -0.3 is 18.9 Å². The van der Waals surface area contributed by atoms with Crippen LogP contribution < -0.4 is 0 Å². The molecular weight excluding hydrogens is 236 g/mol. The van der Waals surface area contributed by atoms with Crippen LogP contribution >= 0.6 is 0 Å². The van der Waals surface area contributed by atoms with E-state index in [9.17, 15) is 4.79 Å². The highest BCUT2D eigenvalue weighted by molar-refractivity contribution is 5.86. The molecule has 0 aromatic heterocycles. The van der Waals surface area contributed by atoms with Crippen LogP contribution in [0.25, 0.3) is 0 Å². The summed E-state index contributed by atoms with van der Waals surface area (Å²) in [7, 11) is 0. The maximum absolute atomic E-state index is 11.4. The van der Waals surface area contributed by atoms with Crippen LogP contribution in [0.4, 0.5) is 0 Å². The summed E-state index contributed by atoms with van der Waals surface area (Å²) in [5.74, 6) is -0.270. The van der Waals surface area contributed by atoms with Crippen molar-refractivity contribution in [1.82, 2.24) is 0 Å². The normalized spacial score (nSPS) is 51.3. The minimum atomic E-state index is -0.614. The summed E-state index contributed by atoms with van der Waals surface area (Å²) < 4.78 is 23.3. The zero-order chi connectivity index (χ0) is 12.8. The quantitative estimate of drug-likeness (QED) is 0.608. The van der Waals surface area contributed by atoms with E-state index in [0.717, 1.165) is 0 Å². The van der Waals surface area contributed by atoms with Gasteiger partial charge in [0.25, 0.3) is 0 Å². The van der Waals surface area contributed by atoms with Crippen LogP contribution in [0.5, 0.6) is 0 Å². The Morgan fingerprint density at radius 2 is 2.00 bits per heavy atom. The molecule has 0 amide bonds. The third-order valence-electron chi connectivity index (χ3n) is 4.29. The number of esters is 1. The fraction of sp³-hybridized carbons (Fsp3) is 0.769. The zero-order valence-corrected chi connectivity index (χ0v) is 10.7. The standard InChI is InChI=1S/C13H16O5/c1-11(2)15-7-5-13-6-12(3,10(7)18-11)16-8(13)4-9(14)17-13/h4,7,10H,5-6H2,1-3H3/t7-,10-,12?,13+/m1/s1. The first-order valence-corrected chi connectivity index (χ1v) is 6.32. The summed E-state index contributed by atoms with van der Waals surface area (Å²) in [5.41, 5.74) is -1.08. The highest BCUT2D eigenvalue weighted by Crippen LogP contribution is 2.58.